The quantitative estimate of drug-likeness (QED) is 0.840. The Hall–Kier alpha value is -0.740. The van der Waals surface area contributed by atoms with Crippen LogP contribution in [0.1, 0.15) is 27.7 Å². The van der Waals surface area contributed by atoms with Crippen LogP contribution in [-0.4, -0.2) is 17.6 Å². The number of nitrogens with one attached hydrogen (secondary N) is 1. The van der Waals surface area contributed by atoms with Crippen molar-refractivity contribution in [2.75, 3.05) is 5.32 Å². The predicted molar refractivity (Wildman–Crippen MR) is 78.1 cm³/mol. The van der Waals surface area contributed by atoms with E-state index in [0.717, 1.165) is 4.47 Å². The van der Waals surface area contributed by atoms with Gasteiger partial charge in [-0.15, -0.1) is 0 Å². The van der Waals surface area contributed by atoms with E-state index in [-0.39, 0.29) is 5.97 Å². The molecule has 0 bridgehead atoms. The van der Waals surface area contributed by atoms with Crippen molar-refractivity contribution in [2.45, 2.75) is 39.3 Å². The van der Waals surface area contributed by atoms with Crippen LogP contribution in [0.25, 0.3) is 0 Å². The van der Waals surface area contributed by atoms with Gasteiger partial charge in [-0.3, -0.25) is 0 Å². The first-order valence-corrected chi connectivity index (χ1v) is 6.80. The fourth-order valence-corrected chi connectivity index (χ4v) is 2.02. The molecular weight excluding hydrogens is 318 g/mol. The van der Waals surface area contributed by atoms with Crippen LogP contribution in [0.15, 0.2) is 22.7 Å². The maximum atomic E-state index is 11.8. The Morgan fingerprint density at radius 2 is 2.06 bits per heavy atom. The maximum Gasteiger partial charge on any atom is 0.328 e. The molecule has 0 radical (unpaired) electrons. The van der Waals surface area contributed by atoms with E-state index >= 15 is 0 Å². The van der Waals surface area contributed by atoms with Crippen molar-refractivity contribution < 1.29 is 9.53 Å². The van der Waals surface area contributed by atoms with Crippen molar-refractivity contribution >= 4 is 39.2 Å². The summed E-state index contributed by atoms with van der Waals surface area (Å²) in [7, 11) is 0. The largest absolute Gasteiger partial charge is 0.458 e. The molecular formula is C13H17BrClNO2. The number of rotatable bonds is 3. The second-order valence-corrected chi connectivity index (χ2v) is 6.35. The number of carbonyl (C=O) groups is 1. The minimum absolute atomic E-state index is 0.304. The zero-order valence-electron chi connectivity index (χ0n) is 10.9. The molecule has 0 aliphatic rings. The molecule has 1 aromatic carbocycles. The van der Waals surface area contributed by atoms with E-state index in [2.05, 4.69) is 21.2 Å². The Labute approximate surface area is 121 Å². The van der Waals surface area contributed by atoms with Gasteiger partial charge in [0.2, 0.25) is 0 Å². The lowest BCUT2D eigenvalue weighted by molar-refractivity contribution is -0.155. The molecule has 1 aromatic rings. The lowest BCUT2D eigenvalue weighted by Gasteiger charge is -2.23. The summed E-state index contributed by atoms with van der Waals surface area (Å²) in [5.41, 5.74) is 0.217. The van der Waals surface area contributed by atoms with E-state index in [0.29, 0.717) is 10.7 Å². The van der Waals surface area contributed by atoms with E-state index < -0.39 is 11.6 Å². The number of hydrogen-bond acceptors (Lipinski definition) is 3. The van der Waals surface area contributed by atoms with Gasteiger partial charge in [0, 0.05) is 4.47 Å². The number of esters is 1. The SMILES string of the molecule is CC(Nc1ccc(Br)cc1Cl)C(=O)OC(C)(C)C. The monoisotopic (exact) mass is 333 g/mol. The molecule has 0 amide bonds. The third kappa shape index (κ3) is 4.86. The van der Waals surface area contributed by atoms with Crippen molar-refractivity contribution in [1.29, 1.82) is 0 Å². The van der Waals surface area contributed by atoms with E-state index in [4.69, 9.17) is 16.3 Å². The van der Waals surface area contributed by atoms with Crippen molar-refractivity contribution in [3.05, 3.63) is 27.7 Å². The van der Waals surface area contributed by atoms with Crippen LogP contribution >= 0.6 is 27.5 Å². The number of carbonyl (C=O) groups excluding carboxylic acids is 1. The van der Waals surface area contributed by atoms with Crippen LogP contribution in [0.2, 0.25) is 5.02 Å². The lowest BCUT2D eigenvalue weighted by atomic mass is 10.2. The molecule has 0 fully saturated rings. The molecule has 0 aliphatic carbocycles. The second kappa shape index (κ2) is 5.93. The van der Waals surface area contributed by atoms with E-state index in [1.165, 1.54) is 0 Å². The Balaban J connectivity index is 2.69. The normalized spacial score (nSPS) is 13.0. The zero-order valence-corrected chi connectivity index (χ0v) is 13.2. The van der Waals surface area contributed by atoms with Crippen LogP contribution in [0.5, 0.6) is 0 Å². The Morgan fingerprint density at radius 3 is 2.56 bits per heavy atom. The highest BCUT2D eigenvalue weighted by atomic mass is 79.9. The summed E-state index contributed by atoms with van der Waals surface area (Å²) in [5.74, 6) is -0.304. The molecule has 0 aliphatic heterocycles. The average Bonchev–Trinajstić information content (AvgIpc) is 2.19. The summed E-state index contributed by atoms with van der Waals surface area (Å²) in [6, 6.07) is 4.98. The topological polar surface area (TPSA) is 38.3 Å². The highest BCUT2D eigenvalue weighted by Crippen LogP contribution is 2.26. The van der Waals surface area contributed by atoms with Gasteiger partial charge in [-0.1, -0.05) is 27.5 Å². The fraction of sp³-hybridized carbons (Fsp3) is 0.462. The highest BCUT2D eigenvalue weighted by molar-refractivity contribution is 9.10. The molecule has 1 atom stereocenters. The molecule has 100 valence electrons. The number of halogens is 2. The number of benzene rings is 1. The van der Waals surface area contributed by atoms with Crippen molar-refractivity contribution in [2.24, 2.45) is 0 Å². The van der Waals surface area contributed by atoms with E-state index in [9.17, 15) is 4.79 Å². The first-order valence-electron chi connectivity index (χ1n) is 5.63. The van der Waals surface area contributed by atoms with Crippen molar-refractivity contribution in [3.63, 3.8) is 0 Å². The molecule has 1 N–H and O–H groups in total. The van der Waals surface area contributed by atoms with Gasteiger partial charge in [-0.05, 0) is 45.9 Å². The summed E-state index contributed by atoms with van der Waals surface area (Å²) in [4.78, 5) is 11.8. The first kappa shape index (κ1) is 15.3. The zero-order chi connectivity index (χ0) is 13.9. The Bertz CT molecular complexity index is 443. The smallest absolute Gasteiger partial charge is 0.328 e. The van der Waals surface area contributed by atoms with Gasteiger partial charge in [-0.2, -0.15) is 0 Å². The summed E-state index contributed by atoms with van der Waals surface area (Å²) in [6.45, 7) is 7.26. The van der Waals surface area contributed by atoms with Crippen molar-refractivity contribution in [1.82, 2.24) is 0 Å². The molecule has 18 heavy (non-hydrogen) atoms. The first-order chi connectivity index (χ1) is 8.19. The maximum absolute atomic E-state index is 11.8. The van der Waals surface area contributed by atoms with Crippen LogP contribution < -0.4 is 5.32 Å². The van der Waals surface area contributed by atoms with Gasteiger partial charge in [0.25, 0.3) is 0 Å². The van der Waals surface area contributed by atoms with Gasteiger partial charge in [0.1, 0.15) is 11.6 Å². The summed E-state index contributed by atoms with van der Waals surface area (Å²) in [6.07, 6.45) is 0. The van der Waals surface area contributed by atoms with Gasteiger partial charge in [0.15, 0.2) is 0 Å². The van der Waals surface area contributed by atoms with Crippen LogP contribution in [-0.2, 0) is 9.53 Å². The minimum atomic E-state index is -0.490. The van der Waals surface area contributed by atoms with Gasteiger partial charge >= 0.3 is 5.97 Å². The Morgan fingerprint density at radius 1 is 1.44 bits per heavy atom. The molecule has 1 unspecified atom stereocenters. The van der Waals surface area contributed by atoms with Crippen molar-refractivity contribution in [3.8, 4) is 0 Å². The van der Waals surface area contributed by atoms with E-state index in [1.54, 1.807) is 13.0 Å². The minimum Gasteiger partial charge on any atom is -0.458 e. The molecule has 5 heteroatoms. The van der Waals surface area contributed by atoms with Gasteiger partial charge in [0.05, 0.1) is 10.7 Å². The van der Waals surface area contributed by atoms with E-state index in [1.807, 2.05) is 32.9 Å². The second-order valence-electron chi connectivity index (χ2n) is 5.02. The molecule has 0 spiro atoms. The molecule has 0 aromatic heterocycles. The standard InChI is InChI=1S/C13H17BrClNO2/c1-8(12(17)18-13(2,3)4)16-11-6-5-9(14)7-10(11)15/h5-8,16H,1-4H3. The van der Waals surface area contributed by atoms with Gasteiger partial charge in [-0.25, -0.2) is 4.79 Å². The Kier molecular flexibility index (Phi) is 5.05. The number of ether oxygens (including phenoxy) is 1. The fourth-order valence-electron chi connectivity index (χ4n) is 1.29. The number of hydrogen-bond donors (Lipinski definition) is 1. The summed E-state index contributed by atoms with van der Waals surface area (Å²) in [5, 5.41) is 3.59. The molecule has 3 nitrogen and oxygen atoms in total. The van der Waals surface area contributed by atoms with Crippen LogP contribution in [0.4, 0.5) is 5.69 Å². The summed E-state index contributed by atoms with van der Waals surface area (Å²) >= 11 is 9.39. The average molecular weight is 335 g/mol. The van der Waals surface area contributed by atoms with Gasteiger partial charge < -0.3 is 10.1 Å². The molecule has 0 saturated heterocycles. The van der Waals surface area contributed by atoms with Crippen LogP contribution in [0, 0.1) is 0 Å². The third-order valence-electron chi connectivity index (χ3n) is 2.06. The third-order valence-corrected chi connectivity index (χ3v) is 2.87. The lowest BCUT2D eigenvalue weighted by Crippen LogP contribution is -2.34. The molecule has 0 saturated carbocycles. The number of anilines is 1. The molecule has 0 heterocycles. The molecule has 1 rings (SSSR count). The summed E-state index contributed by atoms with van der Waals surface area (Å²) < 4.78 is 6.17. The predicted octanol–water partition coefficient (Wildman–Crippen LogP) is 4.24. The highest BCUT2D eigenvalue weighted by Gasteiger charge is 2.21. The van der Waals surface area contributed by atoms with Crippen LogP contribution in [0.3, 0.4) is 0 Å².